The Bertz CT molecular complexity index is 1690. The van der Waals surface area contributed by atoms with Crippen LogP contribution in [-0.4, -0.2) is 80.0 Å². The van der Waals surface area contributed by atoms with Crippen LogP contribution in [-0.2, 0) is 22.9 Å². The normalized spacial score (nSPS) is 18.4. The molecule has 5 rings (SSSR count). The quantitative estimate of drug-likeness (QED) is 0.245. The summed E-state index contributed by atoms with van der Waals surface area (Å²) in [7, 11) is -0.160. The molecule has 2 atom stereocenters. The number of benzene rings is 2. The van der Waals surface area contributed by atoms with E-state index >= 15 is 0 Å². The number of halogens is 4. The third kappa shape index (κ3) is 6.63. The predicted molar refractivity (Wildman–Crippen MR) is 155 cm³/mol. The van der Waals surface area contributed by atoms with E-state index in [1.54, 1.807) is 30.3 Å². The maximum absolute atomic E-state index is 14.8. The number of piperidine rings is 1. The molecule has 0 amide bonds. The van der Waals surface area contributed by atoms with E-state index in [2.05, 4.69) is 20.8 Å². The number of aromatic nitrogens is 3. The number of anilines is 2. The van der Waals surface area contributed by atoms with Gasteiger partial charge in [-0.25, -0.2) is 12.8 Å². The highest BCUT2D eigenvalue weighted by Gasteiger charge is 2.32. The van der Waals surface area contributed by atoms with E-state index in [0.717, 1.165) is 22.2 Å². The highest BCUT2D eigenvalue weighted by atomic mass is 32.2. The molecule has 9 nitrogen and oxygen atoms in total. The minimum absolute atomic E-state index is 0.104. The summed E-state index contributed by atoms with van der Waals surface area (Å²) in [6.07, 6.45) is -3.94. The number of rotatable bonds is 9. The Hall–Kier alpha value is -3.43. The monoisotopic (exact) mass is 626 g/mol. The van der Waals surface area contributed by atoms with Crippen LogP contribution in [0.15, 0.2) is 47.4 Å². The third-order valence-electron chi connectivity index (χ3n) is 7.09. The smallest absolute Gasteiger partial charge is 0.406 e. The van der Waals surface area contributed by atoms with Gasteiger partial charge >= 0.3 is 6.18 Å². The standard InChI is InChI=1S/C27H30F4N6O3S2/c1-36-10-9-20(18(28)14-36)33-19-5-4-6-22-17(19)12-23(37(22)15-27(29,30)31)26-35-34-25(41-26)13-32-21-8-7-16(42(3,38)39)11-24(21)40-2/h4-8,11-12,18,20,32-33H,9-10,13-15H2,1-3H3/t18-,20+/m0/s1. The van der Waals surface area contributed by atoms with Crippen molar-refractivity contribution in [1.29, 1.82) is 0 Å². The van der Waals surface area contributed by atoms with Crippen LogP contribution >= 0.6 is 11.3 Å². The summed E-state index contributed by atoms with van der Waals surface area (Å²) in [5.41, 5.74) is 1.67. The van der Waals surface area contributed by atoms with Gasteiger partial charge in [-0.1, -0.05) is 17.4 Å². The Balaban J connectivity index is 1.44. The number of alkyl halides is 4. The highest BCUT2D eigenvalue weighted by Crippen LogP contribution is 2.37. The van der Waals surface area contributed by atoms with Crippen LogP contribution in [0.3, 0.4) is 0 Å². The minimum atomic E-state index is -4.49. The lowest BCUT2D eigenvalue weighted by molar-refractivity contribution is -0.139. The Kier molecular flexibility index (Phi) is 8.36. The van der Waals surface area contributed by atoms with Gasteiger partial charge in [0.2, 0.25) is 0 Å². The molecule has 0 unspecified atom stereocenters. The molecule has 2 aromatic carbocycles. The van der Waals surface area contributed by atoms with Crippen molar-refractivity contribution in [3.05, 3.63) is 47.5 Å². The molecule has 2 aromatic heterocycles. The second kappa shape index (κ2) is 11.7. The molecule has 15 heteroatoms. The zero-order valence-electron chi connectivity index (χ0n) is 23.1. The summed E-state index contributed by atoms with van der Waals surface area (Å²) >= 11 is 1.13. The van der Waals surface area contributed by atoms with Crippen LogP contribution in [0.25, 0.3) is 21.6 Å². The molecule has 3 heterocycles. The van der Waals surface area contributed by atoms with Crippen LogP contribution in [0.5, 0.6) is 5.75 Å². The van der Waals surface area contributed by atoms with Crippen molar-refractivity contribution in [3.8, 4) is 16.5 Å². The van der Waals surface area contributed by atoms with E-state index in [9.17, 15) is 26.0 Å². The van der Waals surface area contributed by atoms with Gasteiger partial charge in [-0.15, -0.1) is 10.2 Å². The number of nitrogens with zero attached hydrogens (tertiary/aromatic N) is 4. The van der Waals surface area contributed by atoms with E-state index in [4.69, 9.17) is 4.74 Å². The maximum atomic E-state index is 14.8. The number of likely N-dealkylation sites (tertiary alicyclic amines) is 1. The van der Waals surface area contributed by atoms with Crippen LogP contribution in [0.2, 0.25) is 0 Å². The van der Waals surface area contributed by atoms with Crippen LogP contribution < -0.4 is 15.4 Å². The zero-order chi connectivity index (χ0) is 30.2. The fraction of sp³-hybridized carbons (Fsp3) is 0.407. The number of methoxy groups -OCH3 is 1. The van der Waals surface area contributed by atoms with Gasteiger partial charge in [-0.3, -0.25) is 0 Å². The van der Waals surface area contributed by atoms with Gasteiger partial charge in [0.05, 0.1) is 41.5 Å². The first-order valence-corrected chi connectivity index (χ1v) is 15.8. The molecule has 0 saturated carbocycles. The fourth-order valence-electron chi connectivity index (χ4n) is 5.00. The number of nitrogens with one attached hydrogen (secondary N) is 2. The fourth-order valence-corrected chi connectivity index (χ4v) is 6.44. The zero-order valence-corrected chi connectivity index (χ0v) is 24.7. The molecule has 2 N–H and O–H groups in total. The summed E-state index contributed by atoms with van der Waals surface area (Å²) in [6.45, 7) is -0.0636. The largest absolute Gasteiger partial charge is 0.495 e. The molecule has 0 bridgehead atoms. The third-order valence-corrected chi connectivity index (χ3v) is 9.14. The second-order valence-corrected chi connectivity index (χ2v) is 13.4. The summed E-state index contributed by atoms with van der Waals surface area (Å²) in [5, 5.41) is 16.0. The molecule has 226 valence electrons. The van der Waals surface area contributed by atoms with Crippen molar-refractivity contribution in [1.82, 2.24) is 19.7 Å². The van der Waals surface area contributed by atoms with Gasteiger partial charge in [0.15, 0.2) is 14.8 Å². The van der Waals surface area contributed by atoms with Crippen molar-refractivity contribution in [2.24, 2.45) is 0 Å². The molecular weight excluding hydrogens is 596 g/mol. The highest BCUT2D eigenvalue weighted by molar-refractivity contribution is 7.90. The first-order valence-electron chi connectivity index (χ1n) is 13.1. The van der Waals surface area contributed by atoms with Crippen molar-refractivity contribution in [2.45, 2.75) is 42.8 Å². The van der Waals surface area contributed by atoms with Crippen LogP contribution in [0.1, 0.15) is 11.4 Å². The Morgan fingerprint density at radius 3 is 2.62 bits per heavy atom. The van der Waals surface area contributed by atoms with Crippen molar-refractivity contribution >= 4 is 43.5 Å². The lowest BCUT2D eigenvalue weighted by Gasteiger charge is -2.33. The first kappa shape index (κ1) is 30.0. The summed E-state index contributed by atoms with van der Waals surface area (Å²) in [6, 6.07) is 10.6. The predicted octanol–water partition coefficient (Wildman–Crippen LogP) is 5.20. The molecule has 1 fully saturated rings. The number of hydrogen-bond acceptors (Lipinski definition) is 9. The van der Waals surface area contributed by atoms with Gasteiger partial charge in [-0.05, 0) is 43.8 Å². The van der Waals surface area contributed by atoms with Gasteiger partial charge in [0.25, 0.3) is 0 Å². The van der Waals surface area contributed by atoms with Crippen molar-refractivity contribution in [2.75, 3.05) is 44.1 Å². The Morgan fingerprint density at radius 1 is 1.14 bits per heavy atom. The lowest BCUT2D eigenvalue weighted by Crippen LogP contribution is -2.46. The lowest BCUT2D eigenvalue weighted by atomic mass is 10.0. The van der Waals surface area contributed by atoms with E-state index < -0.39 is 34.8 Å². The van der Waals surface area contributed by atoms with Crippen LogP contribution in [0.4, 0.5) is 28.9 Å². The van der Waals surface area contributed by atoms with Gasteiger partial charge in [-0.2, -0.15) is 13.2 Å². The molecule has 0 aliphatic carbocycles. The minimum Gasteiger partial charge on any atom is -0.495 e. The van der Waals surface area contributed by atoms with Crippen molar-refractivity contribution < 1.29 is 30.7 Å². The molecule has 4 aromatic rings. The second-order valence-electron chi connectivity index (χ2n) is 10.3. The molecule has 42 heavy (non-hydrogen) atoms. The summed E-state index contributed by atoms with van der Waals surface area (Å²) in [5.74, 6) is 0.313. The van der Waals surface area contributed by atoms with E-state index in [0.29, 0.717) is 51.0 Å². The maximum Gasteiger partial charge on any atom is 0.406 e. The average Bonchev–Trinajstić information content (AvgIpc) is 3.53. The topological polar surface area (TPSA) is 101 Å². The average molecular weight is 627 g/mol. The van der Waals surface area contributed by atoms with Gasteiger partial charge < -0.3 is 24.8 Å². The molecule has 0 radical (unpaired) electrons. The molecule has 1 aliphatic heterocycles. The first-order chi connectivity index (χ1) is 19.8. The number of sulfone groups is 1. The van der Waals surface area contributed by atoms with E-state index in [1.807, 2.05) is 11.9 Å². The molecule has 1 saturated heterocycles. The summed E-state index contributed by atoms with van der Waals surface area (Å²) in [4.78, 5) is 2.01. The van der Waals surface area contributed by atoms with E-state index in [-0.39, 0.29) is 23.7 Å². The van der Waals surface area contributed by atoms with Crippen molar-refractivity contribution in [3.63, 3.8) is 0 Å². The number of ether oxygens (including phenoxy) is 1. The van der Waals surface area contributed by atoms with Crippen LogP contribution in [0, 0.1) is 0 Å². The number of hydrogen-bond donors (Lipinski definition) is 2. The van der Waals surface area contributed by atoms with Gasteiger partial charge in [0.1, 0.15) is 23.5 Å². The Labute approximate surface area is 244 Å². The number of fused-ring (bicyclic) bond motifs is 1. The van der Waals surface area contributed by atoms with E-state index in [1.165, 1.54) is 19.2 Å². The van der Waals surface area contributed by atoms with Gasteiger partial charge in [0, 0.05) is 36.5 Å². The molecule has 0 spiro atoms. The summed E-state index contributed by atoms with van der Waals surface area (Å²) < 4.78 is 86.1. The SMILES string of the molecule is COc1cc(S(C)(=O)=O)ccc1NCc1nnc(-c2cc3c(N[C@@H]4CCN(C)C[C@@H]4F)cccc3n2CC(F)(F)F)s1. The molecule has 1 aliphatic rings. The molecular formula is C27H30F4N6O3S2. The Morgan fingerprint density at radius 2 is 1.93 bits per heavy atom.